The summed E-state index contributed by atoms with van der Waals surface area (Å²) in [5.41, 5.74) is 9.98. The van der Waals surface area contributed by atoms with Crippen LogP contribution in [0.5, 0.6) is 0 Å². The molecular weight excluding hydrogens is 272 g/mol. The molecule has 2 aromatic rings. The van der Waals surface area contributed by atoms with Crippen molar-refractivity contribution in [3.63, 3.8) is 0 Å². The number of primary amides is 1. The first-order valence-corrected chi connectivity index (χ1v) is 6.74. The van der Waals surface area contributed by atoms with Crippen LogP contribution in [0.1, 0.15) is 27.0 Å². The maximum atomic E-state index is 11.1. The van der Waals surface area contributed by atoms with Gasteiger partial charge in [0.25, 0.3) is 0 Å². The molecule has 0 aliphatic heterocycles. The lowest BCUT2D eigenvalue weighted by Crippen LogP contribution is -2.11. The lowest BCUT2D eigenvalue weighted by atomic mass is 10.0. The summed E-state index contributed by atoms with van der Waals surface area (Å²) >= 11 is 6.15. The van der Waals surface area contributed by atoms with Gasteiger partial charge in [-0.2, -0.15) is 0 Å². The van der Waals surface area contributed by atoms with Crippen molar-refractivity contribution in [2.45, 2.75) is 20.4 Å². The van der Waals surface area contributed by atoms with E-state index in [0.717, 1.165) is 22.4 Å². The summed E-state index contributed by atoms with van der Waals surface area (Å²) in [5.74, 6) is -0.408. The summed E-state index contributed by atoms with van der Waals surface area (Å²) in [6, 6.07) is 11.3. The quantitative estimate of drug-likeness (QED) is 0.902. The van der Waals surface area contributed by atoms with Gasteiger partial charge in [-0.15, -0.1) is 0 Å². The number of nitrogens with one attached hydrogen (secondary N) is 1. The van der Waals surface area contributed by atoms with E-state index >= 15 is 0 Å². The van der Waals surface area contributed by atoms with Crippen LogP contribution in [0.15, 0.2) is 36.4 Å². The average molecular weight is 289 g/mol. The molecular formula is C16H17ClN2O. The van der Waals surface area contributed by atoms with Crippen molar-refractivity contribution in [1.82, 2.24) is 0 Å². The molecule has 20 heavy (non-hydrogen) atoms. The van der Waals surface area contributed by atoms with Crippen LogP contribution in [0.3, 0.4) is 0 Å². The van der Waals surface area contributed by atoms with Gasteiger partial charge in [0.05, 0.1) is 10.7 Å². The molecule has 1 amide bonds. The predicted octanol–water partition coefficient (Wildman–Crippen LogP) is 3.67. The van der Waals surface area contributed by atoms with E-state index in [2.05, 4.69) is 5.32 Å². The van der Waals surface area contributed by atoms with E-state index in [4.69, 9.17) is 17.3 Å². The number of carbonyl (C=O) groups is 1. The van der Waals surface area contributed by atoms with Gasteiger partial charge in [0.2, 0.25) is 5.91 Å². The second-order valence-corrected chi connectivity index (χ2v) is 5.25. The fourth-order valence-corrected chi connectivity index (χ4v) is 2.20. The monoisotopic (exact) mass is 288 g/mol. The Hall–Kier alpha value is -2.00. The van der Waals surface area contributed by atoms with Crippen LogP contribution in [0.2, 0.25) is 5.02 Å². The third kappa shape index (κ3) is 3.31. The van der Waals surface area contributed by atoms with Crippen molar-refractivity contribution in [2.24, 2.45) is 5.73 Å². The molecule has 0 bridgehead atoms. The van der Waals surface area contributed by atoms with Gasteiger partial charge in [0.15, 0.2) is 0 Å². The summed E-state index contributed by atoms with van der Waals surface area (Å²) in [7, 11) is 0. The van der Waals surface area contributed by atoms with E-state index in [1.807, 2.05) is 38.1 Å². The van der Waals surface area contributed by atoms with Crippen molar-refractivity contribution in [3.8, 4) is 0 Å². The third-order valence-corrected chi connectivity index (χ3v) is 3.55. The van der Waals surface area contributed by atoms with Gasteiger partial charge < -0.3 is 11.1 Å². The van der Waals surface area contributed by atoms with Gasteiger partial charge in [-0.1, -0.05) is 23.7 Å². The SMILES string of the molecule is Cc1ccc(Cl)c(NCc2ccc(C(N)=O)cc2C)c1. The maximum Gasteiger partial charge on any atom is 0.248 e. The van der Waals surface area contributed by atoms with Gasteiger partial charge in [-0.25, -0.2) is 0 Å². The van der Waals surface area contributed by atoms with E-state index in [0.29, 0.717) is 17.1 Å². The average Bonchev–Trinajstić information content (AvgIpc) is 2.40. The second-order valence-electron chi connectivity index (χ2n) is 4.84. The van der Waals surface area contributed by atoms with Gasteiger partial charge in [-0.05, 0) is 54.8 Å². The highest BCUT2D eigenvalue weighted by Gasteiger charge is 2.05. The highest BCUT2D eigenvalue weighted by Crippen LogP contribution is 2.23. The highest BCUT2D eigenvalue weighted by molar-refractivity contribution is 6.33. The summed E-state index contributed by atoms with van der Waals surface area (Å²) in [5, 5.41) is 4.01. The molecule has 104 valence electrons. The molecule has 0 saturated carbocycles. The lowest BCUT2D eigenvalue weighted by molar-refractivity contribution is 0.1000. The number of carbonyl (C=O) groups excluding carboxylic acids is 1. The Labute approximate surface area is 123 Å². The van der Waals surface area contributed by atoms with Crippen LogP contribution < -0.4 is 11.1 Å². The number of nitrogens with two attached hydrogens (primary N) is 1. The van der Waals surface area contributed by atoms with E-state index in [1.165, 1.54) is 0 Å². The molecule has 3 N–H and O–H groups in total. The molecule has 0 aliphatic carbocycles. The molecule has 4 heteroatoms. The smallest absolute Gasteiger partial charge is 0.248 e. The van der Waals surface area contributed by atoms with Crippen LogP contribution in [-0.4, -0.2) is 5.91 Å². The van der Waals surface area contributed by atoms with Crippen LogP contribution in [-0.2, 0) is 6.54 Å². The van der Waals surface area contributed by atoms with E-state index in [9.17, 15) is 4.79 Å². The highest BCUT2D eigenvalue weighted by atomic mass is 35.5. The standard InChI is InChI=1S/C16H17ClN2O/c1-10-3-6-14(17)15(7-10)19-9-13-5-4-12(16(18)20)8-11(13)2/h3-8,19H,9H2,1-2H3,(H2,18,20). The molecule has 0 fully saturated rings. The molecule has 0 radical (unpaired) electrons. The van der Waals surface area contributed by atoms with Gasteiger partial charge in [-0.3, -0.25) is 4.79 Å². The molecule has 0 aromatic heterocycles. The van der Waals surface area contributed by atoms with Crippen LogP contribution >= 0.6 is 11.6 Å². The van der Waals surface area contributed by atoms with Crippen molar-refractivity contribution in [2.75, 3.05) is 5.32 Å². The minimum absolute atomic E-state index is 0.408. The molecule has 0 aliphatic rings. The van der Waals surface area contributed by atoms with E-state index in [-0.39, 0.29) is 0 Å². The van der Waals surface area contributed by atoms with Crippen LogP contribution in [0.4, 0.5) is 5.69 Å². The summed E-state index contributed by atoms with van der Waals surface area (Å²) in [6.45, 7) is 4.63. The molecule has 0 atom stereocenters. The van der Waals surface area contributed by atoms with E-state index in [1.54, 1.807) is 12.1 Å². The molecule has 0 saturated heterocycles. The number of hydrogen-bond acceptors (Lipinski definition) is 2. The Morgan fingerprint density at radius 2 is 1.95 bits per heavy atom. The Morgan fingerprint density at radius 1 is 1.20 bits per heavy atom. The van der Waals surface area contributed by atoms with Crippen molar-refractivity contribution >= 4 is 23.2 Å². The Kier molecular flexibility index (Phi) is 4.30. The number of halogens is 1. The van der Waals surface area contributed by atoms with E-state index < -0.39 is 5.91 Å². The number of rotatable bonds is 4. The molecule has 3 nitrogen and oxygen atoms in total. The van der Waals surface area contributed by atoms with Gasteiger partial charge in [0, 0.05) is 12.1 Å². The van der Waals surface area contributed by atoms with Crippen LogP contribution in [0, 0.1) is 13.8 Å². The first kappa shape index (κ1) is 14.4. The molecule has 0 spiro atoms. The van der Waals surface area contributed by atoms with Crippen LogP contribution in [0.25, 0.3) is 0 Å². The number of amides is 1. The van der Waals surface area contributed by atoms with Gasteiger partial charge >= 0.3 is 0 Å². The number of aryl methyl sites for hydroxylation is 2. The van der Waals surface area contributed by atoms with Crippen molar-refractivity contribution in [1.29, 1.82) is 0 Å². The maximum absolute atomic E-state index is 11.1. The largest absolute Gasteiger partial charge is 0.380 e. The molecule has 2 rings (SSSR count). The van der Waals surface area contributed by atoms with Crippen molar-refractivity contribution in [3.05, 3.63) is 63.7 Å². The normalized spacial score (nSPS) is 10.3. The fourth-order valence-electron chi connectivity index (χ4n) is 2.01. The minimum Gasteiger partial charge on any atom is -0.380 e. The topological polar surface area (TPSA) is 55.1 Å². The zero-order valence-corrected chi connectivity index (χ0v) is 12.3. The summed E-state index contributed by atoms with van der Waals surface area (Å²) in [6.07, 6.45) is 0. The van der Waals surface area contributed by atoms with Crippen molar-refractivity contribution < 1.29 is 4.79 Å². The molecule has 0 heterocycles. The second kappa shape index (κ2) is 5.97. The number of benzene rings is 2. The first-order chi connectivity index (χ1) is 9.47. The zero-order chi connectivity index (χ0) is 14.7. The minimum atomic E-state index is -0.408. The summed E-state index contributed by atoms with van der Waals surface area (Å²) < 4.78 is 0. The fraction of sp³-hybridized carbons (Fsp3) is 0.188. The Bertz CT molecular complexity index is 653. The molecule has 0 unspecified atom stereocenters. The predicted molar refractivity (Wildman–Crippen MR) is 83.2 cm³/mol. The van der Waals surface area contributed by atoms with Gasteiger partial charge in [0.1, 0.15) is 0 Å². The number of anilines is 1. The first-order valence-electron chi connectivity index (χ1n) is 6.36. The third-order valence-electron chi connectivity index (χ3n) is 3.22. The lowest BCUT2D eigenvalue weighted by Gasteiger charge is -2.12. The Morgan fingerprint density at radius 3 is 2.60 bits per heavy atom. The Balaban J connectivity index is 2.15. The zero-order valence-electron chi connectivity index (χ0n) is 11.5. The summed E-state index contributed by atoms with van der Waals surface area (Å²) in [4.78, 5) is 11.1. The molecule has 2 aromatic carbocycles. The number of hydrogen-bond donors (Lipinski definition) is 2.